The van der Waals surface area contributed by atoms with Gasteiger partial charge >= 0.3 is 0 Å². The molecule has 2 N–H and O–H groups in total. The van der Waals surface area contributed by atoms with Crippen molar-refractivity contribution >= 4 is 9.84 Å². The lowest BCUT2D eigenvalue weighted by Crippen LogP contribution is -2.41. The summed E-state index contributed by atoms with van der Waals surface area (Å²) in [4.78, 5) is 0. The SMILES string of the molecule is CC1CCC(CS(=O)(=O)CC(C)(C)N)O1. The van der Waals surface area contributed by atoms with Crippen LogP contribution in [0.5, 0.6) is 0 Å². The van der Waals surface area contributed by atoms with E-state index in [1.54, 1.807) is 13.8 Å². The van der Waals surface area contributed by atoms with E-state index in [2.05, 4.69) is 0 Å². The first-order chi connectivity index (χ1) is 6.68. The van der Waals surface area contributed by atoms with Crippen molar-refractivity contribution in [1.29, 1.82) is 0 Å². The molecule has 4 nitrogen and oxygen atoms in total. The Morgan fingerprint density at radius 2 is 2.00 bits per heavy atom. The predicted molar refractivity (Wildman–Crippen MR) is 60.5 cm³/mol. The maximum atomic E-state index is 11.7. The summed E-state index contributed by atoms with van der Waals surface area (Å²) < 4.78 is 29.0. The molecule has 1 saturated heterocycles. The minimum absolute atomic E-state index is 0.0221. The van der Waals surface area contributed by atoms with Crippen LogP contribution in [0.15, 0.2) is 0 Å². The first-order valence-electron chi connectivity index (χ1n) is 5.33. The quantitative estimate of drug-likeness (QED) is 0.779. The molecule has 0 amide bonds. The average Bonchev–Trinajstić information content (AvgIpc) is 2.27. The zero-order chi connectivity index (χ0) is 11.7. The second-order valence-corrected chi connectivity index (χ2v) is 7.30. The molecule has 5 heteroatoms. The highest BCUT2D eigenvalue weighted by atomic mass is 32.2. The molecule has 90 valence electrons. The standard InChI is InChI=1S/C10H21NO3S/c1-8-4-5-9(14-8)6-15(12,13)7-10(2,3)11/h8-9H,4-7,11H2,1-3H3. The third-order valence-electron chi connectivity index (χ3n) is 2.35. The molecule has 0 saturated carbocycles. The van der Waals surface area contributed by atoms with E-state index in [1.807, 2.05) is 6.92 Å². The van der Waals surface area contributed by atoms with Crippen LogP contribution in [0.2, 0.25) is 0 Å². The lowest BCUT2D eigenvalue weighted by molar-refractivity contribution is 0.0690. The molecular weight excluding hydrogens is 214 g/mol. The van der Waals surface area contributed by atoms with Crippen LogP contribution in [0, 0.1) is 0 Å². The maximum Gasteiger partial charge on any atom is 0.154 e. The Morgan fingerprint density at radius 3 is 2.40 bits per heavy atom. The third-order valence-corrected chi connectivity index (χ3v) is 4.42. The van der Waals surface area contributed by atoms with Gasteiger partial charge in [0.2, 0.25) is 0 Å². The average molecular weight is 235 g/mol. The fraction of sp³-hybridized carbons (Fsp3) is 1.00. The summed E-state index contributed by atoms with van der Waals surface area (Å²) in [5.74, 6) is 0.131. The molecular formula is C10H21NO3S. The van der Waals surface area contributed by atoms with Crippen LogP contribution in [-0.2, 0) is 14.6 Å². The van der Waals surface area contributed by atoms with Gasteiger partial charge in [0.25, 0.3) is 0 Å². The Labute approximate surface area is 92.1 Å². The lowest BCUT2D eigenvalue weighted by Gasteiger charge is -2.19. The first kappa shape index (κ1) is 12.9. The zero-order valence-corrected chi connectivity index (χ0v) is 10.5. The monoisotopic (exact) mass is 235 g/mol. The Hall–Kier alpha value is -0.130. The molecule has 15 heavy (non-hydrogen) atoms. The van der Waals surface area contributed by atoms with Gasteiger partial charge in [0, 0.05) is 5.54 Å². The molecule has 1 rings (SSSR count). The van der Waals surface area contributed by atoms with Crippen molar-refractivity contribution in [3.63, 3.8) is 0 Å². The minimum atomic E-state index is -3.10. The van der Waals surface area contributed by atoms with E-state index < -0.39 is 15.4 Å². The molecule has 0 aromatic heterocycles. The van der Waals surface area contributed by atoms with Gasteiger partial charge in [-0.3, -0.25) is 0 Å². The maximum absolute atomic E-state index is 11.7. The highest BCUT2D eigenvalue weighted by molar-refractivity contribution is 7.91. The van der Waals surface area contributed by atoms with Gasteiger partial charge in [-0.05, 0) is 33.6 Å². The van der Waals surface area contributed by atoms with Crippen LogP contribution in [0.4, 0.5) is 0 Å². The molecule has 0 radical (unpaired) electrons. The van der Waals surface area contributed by atoms with Gasteiger partial charge < -0.3 is 10.5 Å². The van der Waals surface area contributed by atoms with Crippen molar-refractivity contribution in [1.82, 2.24) is 0 Å². The van der Waals surface area contributed by atoms with Gasteiger partial charge in [-0.1, -0.05) is 0 Å². The molecule has 0 bridgehead atoms. The molecule has 1 heterocycles. The summed E-state index contributed by atoms with van der Waals surface area (Å²) in [6.45, 7) is 5.42. The number of nitrogens with two attached hydrogens (primary N) is 1. The second kappa shape index (κ2) is 4.39. The highest BCUT2D eigenvalue weighted by Gasteiger charge is 2.29. The van der Waals surface area contributed by atoms with Gasteiger partial charge in [0.1, 0.15) is 0 Å². The van der Waals surface area contributed by atoms with Crippen LogP contribution < -0.4 is 5.73 Å². The molecule has 2 atom stereocenters. The van der Waals surface area contributed by atoms with Gasteiger partial charge in [-0.25, -0.2) is 8.42 Å². The van der Waals surface area contributed by atoms with Gasteiger partial charge in [-0.2, -0.15) is 0 Å². The summed E-state index contributed by atoms with van der Waals surface area (Å²) in [7, 11) is -3.10. The number of hydrogen-bond acceptors (Lipinski definition) is 4. The molecule has 2 unspecified atom stereocenters. The van der Waals surface area contributed by atoms with Gasteiger partial charge in [0.15, 0.2) is 9.84 Å². The normalized spacial score (nSPS) is 28.3. The summed E-state index contributed by atoms with van der Waals surface area (Å²) in [6, 6.07) is 0. The third kappa shape index (κ3) is 4.95. The Bertz CT molecular complexity index is 305. The summed E-state index contributed by atoms with van der Waals surface area (Å²) in [5, 5.41) is 0. The van der Waals surface area contributed by atoms with E-state index in [0.717, 1.165) is 12.8 Å². The van der Waals surface area contributed by atoms with E-state index in [0.29, 0.717) is 0 Å². The van der Waals surface area contributed by atoms with Crippen LogP contribution in [0.1, 0.15) is 33.6 Å². The van der Waals surface area contributed by atoms with Gasteiger partial charge in [-0.15, -0.1) is 0 Å². The van der Waals surface area contributed by atoms with E-state index in [-0.39, 0.29) is 23.7 Å². The summed E-state index contributed by atoms with van der Waals surface area (Å²) in [6.07, 6.45) is 1.85. The van der Waals surface area contributed by atoms with Gasteiger partial charge in [0.05, 0.1) is 23.7 Å². The van der Waals surface area contributed by atoms with Crippen molar-refractivity contribution in [3.8, 4) is 0 Å². The molecule has 1 fully saturated rings. The molecule has 0 aliphatic carbocycles. The minimum Gasteiger partial charge on any atom is -0.374 e. The molecule has 0 aromatic rings. The van der Waals surface area contributed by atoms with Crippen molar-refractivity contribution in [2.45, 2.75) is 51.4 Å². The number of hydrogen-bond donors (Lipinski definition) is 1. The fourth-order valence-corrected chi connectivity index (χ4v) is 3.98. The summed E-state index contributed by atoms with van der Waals surface area (Å²) >= 11 is 0. The van der Waals surface area contributed by atoms with Crippen LogP contribution in [0.3, 0.4) is 0 Å². The van der Waals surface area contributed by atoms with Crippen LogP contribution in [0.25, 0.3) is 0 Å². The molecule has 0 spiro atoms. The number of sulfone groups is 1. The second-order valence-electron chi connectivity index (χ2n) is 5.19. The molecule has 1 aliphatic heterocycles. The predicted octanol–water partition coefficient (Wildman–Crippen LogP) is 0.706. The van der Waals surface area contributed by atoms with E-state index >= 15 is 0 Å². The van der Waals surface area contributed by atoms with Crippen molar-refractivity contribution in [2.24, 2.45) is 5.73 Å². The zero-order valence-electron chi connectivity index (χ0n) is 9.69. The Kier molecular flexibility index (Phi) is 3.79. The van der Waals surface area contributed by atoms with Crippen LogP contribution >= 0.6 is 0 Å². The number of ether oxygens (including phenoxy) is 1. The summed E-state index contributed by atoms with van der Waals surface area (Å²) in [5.41, 5.74) is 5.04. The topological polar surface area (TPSA) is 69.4 Å². The highest BCUT2D eigenvalue weighted by Crippen LogP contribution is 2.21. The lowest BCUT2D eigenvalue weighted by atomic mass is 10.1. The van der Waals surface area contributed by atoms with E-state index in [9.17, 15) is 8.42 Å². The first-order valence-corrected chi connectivity index (χ1v) is 7.15. The van der Waals surface area contributed by atoms with Crippen molar-refractivity contribution < 1.29 is 13.2 Å². The largest absolute Gasteiger partial charge is 0.374 e. The smallest absolute Gasteiger partial charge is 0.154 e. The van der Waals surface area contributed by atoms with E-state index in [4.69, 9.17) is 10.5 Å². The molecule has 0 aromatic carbocycles. The fourth-order valence-electron chi connectivity index (χ4n) is 1.92. The van der Waals surface area contributed by atoms with Crippen molar-refractivity contribution in [2.75, 3.05) is 11.5 Å². The number of rotatable bonds is 4. The Balaban J connectivity index is 2.50. The Morgan fingerprint density at radius 1 is 1.40 bits per heavy atom. The van der Waals surface area contributed by atoms with Crippen LogP contribution in [-0.4, -0.2) is 37.7 Å². The van der Waals surface area contributed by atoms with E-state index in [1.165, 1.54) is 0 Å². The molecule has 1 aliphatic rings. The van der Waals surface area contributed by atoms with Crippen molar-refractivity contribution in [3.05, 3.63) is 0 Å².